The number of aromatic nitrogens is 3. The van der Waals surface area contributed by atoms with E-state index in [0.29, 0.717) is 30.9 Å². The molecule has 1 aliphatic heterocycles. The summed E-state index contributed by atoms with van der Waals surface area (Å²) in [6.45, 7) is 2.09. The molecule has 0 saturated carbocycles. The van der Waals surface area contributed by atoms with Crippen LogP contribution in [0.5, 0.6) is 0 Å². The number of hydrogen-bond acceptors (Lipinski definition) is 4. The Morgan fingerprint density at radius 1 is 1.18 bits per heavy atom. The molecule has 1 atom stereocenters. The van der Waals surface area contributed by atoms with Gasteiger partial charge in [0, 0.05) is 19.5 Å². The lowest BCUT2D eigenvalue weighted by Crippen LogP contribution is -2.39. The van der Waals surface area contributed by atoms with Crippen LogP contribution in [-0.2, 0) is 11.0 Å². The standard InChI is InChI=1S/C23H21F4N5O2/c1-14-28-21(30-32(14)18-9-7-17(24)8-10-18)22(34)29-19(13-31-11-3-6-20(31)33)15-4-2-5-16(12-15)23(25,26)27/h2,4-5,7-10,12,19H,3,6,11,13H2,1H3,(H,29,34)/t19-/m0/s1. The third-order valence-electron chi connectivity index (χ3n) is 5.54. The largest absolute Gasteiger partial charge is 0.416 e. The number of carbonyl (C=O) groups excluding carboxylic acids is 2. The van der Waals surface area contributed by atoms with Gasteiger partial charge >= 0.3 is 6.18 Å². The number of hydrogen-bond donors (Lipinski definition) is 1. The second kappa shape index (κ2) is 9.24. The van der Waals surface area contributed by atoms with Crippen molar-refractivity contribution < 1.29 is 27.2 Å². The molecule has 1 aromatic heterocycles. The highest BCUT2D eigenvalue weighted by Crippen LogP contribution is 2.31. The normalized spacial score (nSPS) is 15.0. The average molecular weight is 475 g/mol. The smallest absolute Gasteiger partial charge is 0.341 e. The van der Waals surface area contributed by atoms with Gasteiger partial charge in [0.2, 0.25) is 11.7 Å². The Kier molecular flexibility index (Phi) is 6.36. The van der Waals surface area contributed by atoms with Crippen LogP contribution in [0.15, 0.2) is 48.5 Å². The number of carbonyl (C=O) groups is 2. The van der Waals surface area contributed by atoms with Crippen molar-refractivity contribution in [1.82, 2.24) is 25.0 Å². The van der Waals surface area contributed by atoms with Crippen LogP contribution in [-0.4, -0.2) is 44.6 Å². The van der Waals surface area contributed by atoms with E-state index >= 15 is 0 Å². The van der Waals surface area contributed by atoms with Crippen molar-refractivity contribution in [2.75, 3.05) is 13.1 Å². The van der Waals surface area contributed by atoms with Crippen molar-refractivity contribution in [2.24, 2.45) is 0 Å². The molecule has 0 radical (unpaired) electrons. The summed E-state index contributed by atoms with van der Waals surface area (Å²) in [6, 6.07) is 9.16. The molecule has 1 saturated heterocycles. The lowest BCUT2D eigenvalue weighted by molar-refractivity contribution is -0.137. The number of benzene rings is 2. The second-order valence-corrected chi connectivity index (χ2v) is 7.96. The van der Waals surface area contributed by atoms with E-state index in [-0.39, 0.29) is 23.8 Å². The van der Waals surface area contributed by atoms with Crippen LogP contribution in [0.2, 0.25) is 0 Å². The summed E-state index contributed by atoms with van der Waals surface area (Å²) in [5.74, 6) is -1.10. The third kappa shape index (κ3) is 5.08. The molecule has 178 valence electrons. The van der Waals surface area contributed by atoms with E-state index in [1.165, 1.54) is 46.0 Å². The minimum absolute atomic E-state index is 0.0174. The molecular formula is C23H21F4N5O2. The van der Waals surface area contributed by atoms with E-state index < -0.39 is 29.5 Å². The van der Waals surface area contributed by atoms with Gasteiger partial charge in [-0.05, 0) is 55.3 Å². The predicted octanol–water partition coefficient (Wildman–Crippen LogP) is 3.83. The molecule has 1 N–H and O–H groups in total. The van der Waals surface area contributed by atoms with E-state index in [1.54, 1.807) is 6.92 Å². The Labute approximate surface area is 192 Å². The van der Waals surface area contributed by atoms with Gasteiger partial charge in [0.1, 0.15) is 11.6 Å². The van der Waals surface area contributed by atoms with Crippen molar-refractivity contribution in [3.05, 3.63) is 77.1 Å². The number of amides is 2. The Balaban J connectivity index is 1.61. The summed E-state index contributed by atoms with van der Waals surface area (Å²) in [7, 11) is 0. The molecule has 11 heteroatoms. The Hall–Kier alpha value is -3.76. The molecule has 0 spiro atoms. The van der Waals surface area contributed by atoms with E-state index in [1.807, 2.05) is 0 Å². The fourth-order valence-electron chi connectivity index (χ4n) is 3.82. The number of nitrogens with one attached hydrogen (secondary N) is 1. The number of alkyl halides is 3. The molecule has 7 nitrogen and oxygen atoms in total. The first-order valence-corrected chi connectivity index (χ1v) is 10.6. The van der Waals surface area contributed by atoms with E-state index in [4.69, 9.17) is 0 Å². The molecular weight excluding hydrogens is 454 g/mol. The van der Waals surface area contributed by atoms with Crippen LogP contribution in [0.3, 0.4) is 0 Å². The van der Waals surface area contributed by atoms with Gasteiger partial charge < -0.3 is 10.2 Å². The van der Waals surface area contributed by atoms with Gasteiger partial charge in [0.25, 0.3) is 5.91 Å². The Morgan fingerprint density at radius 3 is 2.56 bits per heavy atom. The molecule has 3 aromatic rings. The maximum absolute atomic E-state index is 13.3. The van der Waals surface area contributed by atoms with Crippen LogP contribution < -0.4 is 5.32 Å². The lowest BCUT2D eigenvalue weighted by atomic mass is 10.0. The minimum Gasteiger partial charge on any atom is -0.341 e. The van der Waals surface area contributed by atoms with Gasteiger partial charge in [-0.2, -0.15) is 13.2 Å². The monoisotopic (exact) mass is 475 g/mol. The summed E-state index contributed by atoms with van der Waals surface area (Å²) in [5, 5.41) is 6.85. The molecule has 0 aliphatic carbocycles. The van der Waals surface area contributed by atoms with Gasteiger partial charge in [0.05, 0.1) is 17.3 Å². The van der Waals surface area contributed by atoms with Gasteiger partial charge in [-0.3, -0.25) is 9.59 Å². The van der Waals surface area contributed by atoms with Gasteiger partial charge in [-0.1, -0.05) is 12.1 Å². The summed E-state index contributed by atoms with van der Waals surface area (Å²) in [4.78, 5) is 30.8. The van der Waals surface area contributed by atoms with E-state index in [2.05, 4.69) is 15.4 Å². The first kappa shape index (κ1) is 23.4. The maximum atomic E-state index is 13.3. The van der Waals surface area contributed by atoms with Crippen molar-refractivity contribution in [3.8, 4) is 5.69 Å². The van der Waals surface area contributed by atoms with Gasteiger partial charge in [-0.25, -0.2) is 14.1 Å². The lowest BCUT2D eigenvalue weighted by Gasteiger charge is -2.25. The highest BCUT2D eigenvalue weighted by Gasteiger charge is 2.32. The summed E-state index contributed by atoms with van der Waals surface area (Å²) in [6.07, 6.45) is -3.56. The molecule has 34 heavy (non-hydrogen) atoms. The molecule has 2 aromatic carbocycles. The molecule has 2 amide bonds. The molecule has 0 unspecified atom stereocenters. The Morgan fingerprint density at radius 2 is 1.91 bits per heavy atom. The fraction of sp³-hybridized carbons (Fsp3) is 0.304. The Bertz CT molecular complexity index is 1210. The van der Waals surface area contributed by atoms with E-state index in [0.717, 1.165) is 12.1 Å². The predicted molar refractivity (Wildman–Crippen MR) is 114 cm³/mol. The van der Waals surface area contributed by atoms with Crippen molar-refractivity contribution in [3.63, 3.8) is 0 Å². The topological polar surface area (TPSA) is 80.1 Å². The summed E-state index contributed by atoms with van der Waals surface area (Å²) < 4.78 is 54.4. The van der Waals surface area contributed by atoms with E-state index in [9.17, 15) is 27.2 Å². The van der Waals surface area contributed by atoms with Crippen LogP contribution in [0, 0.1) is 12.7 Å². The summed E-state index contributed by atoms with van der Waals surface area (Å²) >= 11 is 0. The molecule has 0 bridgehead atoms. The first-order chi connectivity index (χ1) is 16.1. The molecule has 2 heterocycles. The highest BCUT2D eigenvalue weighted by molar-refractivity contribution is 5.90. The number of likely N-dealkylation sites (tertiary alicyclic amines) is 1. The van der Waals surface area contributed by atoms with Crippen molar-refractivity contribution in [1.29, 1.82) is 0 Å². The van der Waals surface area contributed by atoms with Crippen LogP contribution >= 0.6 is 0 Å². The maximum Gasteiger partial charge on any atom is 0.416 e. The van der Waals surface area contributed by atoms with Crippen molar-refractivity contribution >= 4 is 11.8 Å². The van der Waals surface area contributed by atoms with Crippen molar-refractivity contribution in [2.45, 2.75) is 32.0 Å². The number of rotatable bonds is 6. The first-order valence-electron chi connectivity index (χ1n) is 10.6. The van der Waals surface area contributed by atoms with Crippen LogP contribution in [0.1, 0.15) is 46.5 Å². The quantitative estimate of drug-likeness (QED) is 0.550. The van der Waals surface area contributed by atoms with Crippen LogP contribution in [0.4, 0.5) is 17.6 Å². The highest BCUT2D eigenvalue weighted by atomic mass is 19.4. The SMILES string of the molecule is Cc1nc(C(=O)N[C@@H](CN2CCCC2=O)c2cccc(C(F)(F)F)c2)nn1-c1ccc(F)cc1. The zero-order valence-electron chi connectivity index (χ0n) is 18.1. The summed E-state index contributed by atoms with van der Waals surface area (Å²) in [5.41, 5.74) is -0.160. The molecule has 4 rings (SSSR count). The number of nitrogens with zero attached hydrogens (tertiary/aromatic N) is 4. The zero-order valence-corrected chi connectivity index (χ0v) is 18.1. The van der Waals surface area contributed by atoms with Gasteiger partial charge in [-0.15, -0.1) is 5.10 Å². The fourth-order valence-corrected chi connectivity index (χ4v) is 3.82. The molecule has 1 aliphatic rings. The minimum atomic E-state index is -4.55. The number of aryl methyl sites for hydroxylation is 1. The third-order valence-corrected chi connectivity index (χ3v) is 5.54. The average Bonchev–Trinajstić information content (AvgIpc) is 3.38. The molecule has 1 fully saturated rings. The zero-order chi connectivity index (χ0) is 24.5. The second-order valence-electron chi connectivity index (χ2n) is 7.96. The number of halogens is 4. The van der Waals surface area contributed by atoms with Crippen LogP contribution in [0.25, 0.3) is 5.69 Å². The van der Waals surface area contributed by atoms with Gasteiger partial charge in [0.15, 0.2) is 0 Å².